The van der Waals surface area contributed by atoms with Gasteiger partial charge in [-0.05, 0) is 25.0 Å². The number of nitrogens with zero attached hydrogens (tertiary/aromatic N) is 1. The predicted octanol–water partition coefficient (Wildman–Crippen LogP) is 1.34. The third kappa shape index (κ3) is 2.04. The monoisotopic (exact) mass is 180 g/mol. The summed E-state index contributed by atoms with van der Waals surface area (Å²) >= 11 is 0. The summed E-state index contributed by atoms with van der Waals surface area (Å²) in [6, 6.07) is 4.17. The molecule has 1 aromatic rings. The zero-order valence-electron chi connectivity index (χ0n) is 7.69. The van der Waals surface area contributed by atoms with Crippen molar-refractivity contribution in [1.29, 1.82) is 0 Å². The van der Waals surface area contributed by atoms with E-state index in [0.717, 1.165) is 19.3 Å². The Morgan fingerprint density at radius 2 is 1.85 bits per heavy atom. The van der Waals surface area contributed by atoms with E-state index in [2.05, 4.69) is 5.43 Å². The fourth-order valence-electron chi connectivity index (χ4n) is 1.87. The van der Waals surface area contributed by atoms with Crippen LogP contribution in [0.3, 0.4) is 0 Å². The normalized spacial score (nSPS) is 28.7. The molecule has 3 heteroatoms. The Morgan fingerprint density at radius 1 is 1.15 bits per heavy atom. The van der Waals surface area contributed by atoms with E-state index >= 15 is 0 Å². The van der Waals surface area contributed by atoms with Crippen LogP contribution >= 0.6 is 0 Å². The molecule has 2 unspecified atom stereocenters. The first-order valence-electron chi connectivity index (χ1n) is 4.94. The van der Waals surface area contributed by atoms with Crippen LogP contribution in [0.5, 0.6) is 0 Å². The van der Waals surface area contributed by atoms with Crippen molar-refractivity contribution in [2.24, 2.45) is 0 Å². The number of hydrogen-bond donors (Lipinski definition) is 2. The molecule has 1 fully saturated rings. The van der Waals surface area contributed by atoms with Crippen molar-refractivity contribution in [3.63, 3.8) is 0 Å². The standard InChI is InChI=1S/C10H16N2O/c13-10-6-2-1-5-9(10)11-12-7-3-4-8-12/h3-4,7-11,13H,1-2,5-6H2. The first-order chi connectivity index (χ1) is 6.36. The maximum Gasteiger partial charge on any atom is 0.0756 e. The molecule has 1 aliphatic carbocycles. The van der Waals surface area contributed by atoms with Crippen molar-refractivity contribution >= 4 is 0 Å². The fraction of sp³-hybridized carbons (Fsp3) is 0.600. The SMILES string of the molecule is OC1CCCCC1Nn1cccc1. The zero-order chi connectivity index (χ0) is 9.10. The van der Waals surface area contributed by atoms with Gasteiger partial charge in [0.05, 0.1) is 12.1 Å². The number of aliphatic hydroxyl groups is 1. The average molecular weight is 180 g/mol. The third-order valence-electron chi connectivity index (χ3n) is 2.65. The molecule has 0 aliphatic heterocycles. The molecule has 0 saturated heterocycles. The summed E-state index contributed by atoms with van der Waals surface area (Å²) in [6.07, 6.45) is 8.11. The maximum absolute atomic E-state index is 9.69. The minimum Gasteiger partial charge on any atom is -0.391 e. The van der Waals surface area contributed by atoms with Gasteiger partial charge in [-0.15, -0.1) is 0 Å². The highest BCUT2D eigenvalue weighted by molar-refractivity contribution is 4.97. The lowest BCUT2D eigenvalue weighted by molar-refractivity contribution is 0.111. The Hall–Kier alpha value is -0.960. The molecule has 2 atom stereocenters. The van der Waals surface area contributed by atoms with Gasteiger partial charge < -0.3 is 10.5 Å². The largest absolute Gasteiger partial charge is 0.391 e. The molecule has 1 saturated carbocycles. The topological polar surface area (TPSA) is 37.2 Å². The second kappa shape index (κ2) is 3.83. The van der Waals surface area contributed by atoms with Gasteiger partial charge in [0, 0.05) is 12.4 Å². The summed E-state index contributed by atoms with van der Waals surface area (Å²) in [7, 11) is 0. The van der Waals surface area contributed by atoms with Gasteiger partial charge in [-0.25, -0.2) is 0 Å². The van der Waals surface area contributed by atoms with Gasteiger partial charge in [0.15, 0.2) is 0 Å². The van der Waals surface area contributed by atoms with Crippen molar-refractivity contribution < 1.29 is 5.11 Å². The maximum atomic E-state index is 9.69. The first kappa shape index (κ1) is 8.63. The lowest BCUT2D eigenvalue weighted by atomic mass is 9.93. The first-order valence-corrected chi connectivity index (χ1v) is 4.94. The molecular weight excluding hydrogens is 164 g/mol. The van der Waals surface area contributed by atoms with Gasteiger partial charge in [-0.2, -0.15) is 0 Å². The van der Waals surface area contributed by atoms with Crippen LogP contribution in [0.1, 0.15) is 25.7 Å². The zero-order valence-corrected chi connectivity index (χ0v) is 7.69. The molecule has 0 bridgehead atoms. The molecule has 0 spiro atoms. The summed E-state index contributed by atoms with van der Waals surface area (Å²) in [6.45, 7) is 0. The lowest BCUT2D eigenvalue weighted by Gasteiger charge is -2.29. The highest BCUT2D eigenvalue weighted by atomic mass is 16.3. The van der Waals surface area contributed by atoms with Gasteiger partial charge in [-0.1, -0.05) is 12.8 Å². The Balaban J connectivity index is 1.93. The molecule has 0 amide bonds. The van der Waals surface area contributed by atoms with Gasteiger partial charge in [0.2, 0.25) is 0 Å². The van der Waals surface area contributed by atoms with Gasteiger partial charge in [-0.3, -0.25) is 4.68 Å². The van der Waals surface area contributed by atoms with Crippen molar-refractivity contribution in [2.45, 2.75) is 37.8 Å². The van der Waals surface area contributed by atoms with Crippen molar-refractivity contribution in [3.05, 3.63) is 24.5 Å². The molecule has 1 aliphatic rings. The minimum atomic E-state index is -0.184. The molecule has 1 aromatic heterocycles. The van der Waals surface area contributed by atoms with E-state index in [1.54, 1.807) is 0 Å². The molecule has 2 N–H and O–H groups in total. The Kier molecular flexibility index (Phi) is 2.54. The van der Waals surface area contributed by atoms with Crippen molar-refractivity contribution in [1.82, 2.24) is 4.68 Å². The number of nitrogens with one attached hydrogen (secondary N) is 1. The summed E-state index contributed by atoms with van der Waals surface area (Å²) < 4.78 is 1.92. The summed E-state index contributed by atoms with van der Waals surface area (Å²) in [5.74, 6) is 0. The summed E-state index contributed by atoms with van der Waals surface area (Å²) in [5, 5.41) is 9.69. The van der Waals surface area contributed by atoms with Crippen LogP contribution in [0.15, 0.2) is 24.5 Å². The van der Waals surface area contributed by atoms with E-state index in [0.29, 0.717) is 0 Å². The van der Waals surface area contributed by atoms with E-state index in [4.69, 9.17) is 0 Å². The third-order valence-corrected chi connectivity index (χ3v) is 2.65. The molecule has 2 rings (SSSR count). The molecule has 13 heavy (non-hydrogen) atoms. The molecule has 3 nitrogen and oxygen atoms in total. The van der Waals surface area contributed by atoms with Crippen LogP contribution in [0.25, 0.3) is 0 Å². The smallest absolute Gasteiger partial charge is 0.0756 e. The van der Waals surface area contributed by atoms with E-state index < -0.39 is 0 Å². The predicted molar refractivity (Wildman–Crippen MR) is 52.1 cm³/mol. The molecule has 0 radical (unpaired) electrons. The van der Waals surface area contributed by atoms with Crippen LogP contribution in [0, 0.1) is 0 Å². The van der Waals surface area contributed by atoms with Gasteiger partial charge in [0.1, 0.15) is 0 Å². The van der Waals surface area contributed by atoms with Gasteiger partial charge >= 0.3 is 0 Å². The Bertz CT molecular complexity index is 245. The molecule has 72 valence electrons. The minimum absolute atomic E-state index is 0.184. The second-order valence-electron chi connectivity index (χ2n) is 3.68. The summed E-state index contributed by atoms with van der Waals surface area (Å²) in [5.41, 5.74) is 3.28. The molecule has 0 aromatic carbocycles. The van der Waals surface area contributed by atoms with Crippen LogP contribution in [0.2, 0.25) is 0 Å². The van der Waals surface area contributed by atoms with Crippen molar-refractivity contribution in [2.75, 3.05) is 5.43 Å². The number of hydrogen-bond acceptors (Lipinski definition) is 2. The summed E-state index contributed by atoms with van der Waals surface area (Å²) in [4.78, 5) is 0. The van der Waals surface area contributed by atoms with E-state index in [1.165, 1.54) is 6.42 Å². The molecular formula is C10H16N2O. The quantitative estimate of drug-likeness (QED) is 0.720. The van der Waals surface area contributed by atoms with Crippen LogP contribution in [0.4, 0.5) is 0 Å². The lowest BCUT2D eigenvalue weighted by Crippen LogP contribution is -2.40. The molecule has 1 heterocycles. The number of aliphatic hydroxyl groups excluding tert-OH is 1. The van der Waals surface area contributed by atoms with Crippen LogP contribution in [-0.2, 0) is 0 Å². The van der Waals surface area contributed by atoms with Crippen LogP contribution < -0.4 is 5.43 Å². The average Bonchev–Trinajstić information content (AvgIpc) is 2.61. The fourth-order valence-corrected chi connectivity index (χ4v) is 1.87. The van der Waals surface area contributed by atoms with E-state index in [9.17, 15) is 5.11 Å². The van der Waals surface area contributed by atoms with Crippen molar-refractivity contribution in [3.8, 4) is 0 Å². The highest BCUT2D eigenvalue weighted by Crippen LogP contribution is 2.18. The van der Waals surface area contributed by atoms with Gasteiger partial charge in [0.25, 0.3) is 0 Å². The highest BCUT2D eigenvalue weighted by Gasteiger charge is 2.22. The van der Waals surface area contributed by atoms with Crippen LogP contribution in [-0.4, -0.2) is 21.9 Å². The Morgan fingerprint density at radius 3 is 2.54 bits per heavy atom. The van der Waals surface area contributed by atoms with E-state index in [-0.39, 0.29) is 12.1 Å². The number of rotatable bonds is 2. The second-order valence-corrected chi connectivity index (χ2v) is 3.68. The Labute approximate surface area is 78.3 Å². The van der Waals surface area contributed by atoms with E-state index in [1.807, 2.05) is 29.2 Å². The number of aromatic nitrogens is 1.